The largest absolute Gasteiger partial charge is 0.457 e. The van der Waals surface area contributed by atoms with Crippen LogP contribution in [0.5, 0.6) is 11.5 Å². The van der Waals surface area contributed by atoms with Crippen molar-refractivity contribution in [3.8, 4) is 11.5 Å². The molecule has 0 aliphatic heterocycles. The molecule has 0 saturated heterocycles. The normalized spacial score (nSPS) is 10.6. The highest BCUT2D eigenvalue weighted by Crippen LogP contribution is 2.27. The lowest BCUT2D eigenvalue weighted by molar-refractivity contribution is 0.482. The summed E-state index contributed by atoms with van der Waals surface area (Å²) in [6, 6.07) is 14.0. The van der Waals surface area contributed by atoms with Gasteiger partial charge in [-0.05, 0) is 61.2 Å². The van der Waals surface area contributed by atoms with Crippen molar-refractivity contribution in [3.05, 3.63) is 58.6 Å². The summed E-state index contributed by atoms with van der Waals surface area (Å²) >= 11 is 6.22. The molecule has 0 aliphatic rings. The Morgan fingerprint density at radius 1 is 1.00 bits per heavy atom. The van der Waals surface area contributed by atoms with Crippen LogP contribution in [0.1, 0.15) is 30.9 Å². The molecule has 112 valence electrons. The lowest BCUT2D eigenvalue weighted by Gasteiger charge is -2.09. The van der Waals surface area contributed by atoms with Crippen LogP contribution in [-0.4, -0.2) is 6.54 Å². The zero-order valence-corrected chi connectivity index (χ0v) is 13.2. The van der Waals surface area contributed by atoms with Crippen LogP contribution in [0.2, 0.25) is 5.02 Å². The average molecular weight is 304 g/mol. The fraction of sp³-hybridized carbons (Fsp3) is 0.333. The Morgan fingerprint density at radius 2 is 1.71 bits per heavy atom. The molecule has 0 radical (unpaired) electrons. The van der Waals surface area contributed by atoms with Crippen LogP contribution in [0.15, 0.2) is 42.5 Å². The van der Waals surface area contributed by atoms with Crippen LogP contribution in [-0.2, 0) is 12.8 Å². The summed E-state index contributed by atoms with van der Waals surface area (Å²) in [4.78, 5) is 0. The summed E-state index contributed by atoms with van der Waals surface area (Å²) in [6.45, 7) is 2.80. The van der Waals surface area contributed by atoms with E-state index in [9.17, 15) is 0 Å². The van der Waals surface area contributed by atoms with Gasteiger partial charge in [0.1, 0.15) is 11.5 Å². The molecule has 3 heteroatoms. The molecule has 0 saturated carbocycles. The first-order chi connectivity index (χ1) is 10.2. The maximum atomic E-state index is 6.22. The number of halogens is 1. The summed E-state index contributed by atoms with van der Waals surface area (Å²) in [7, 11) is 0. The first kappa shape index (κ1) is 15.9. The quantitative estimate of drug-likeness (QED) is 0.783. The monoisotopic (exact) mass is 303 g/mol. The highest BCUT2D eigenvalue weighted by molar-refractivity contribution is 6.31. The lowest BCUT2D eigenvalue weighted by Crippen LogP contribution is -2.03. The topological polar surface area (TPSA) is 35.2 Å². The molecule has 0 bridgehead atoms. The Hall–Kier alpha value is -1.51. The summed E-state index contributed by atoms with van der Waals surface area (Å²) in [5.41, 5.74) is 7.95. The molecule has 2 rings (SSSR count). The number of rotatable bonds is 7. The van der Waals surface area contributed by atoms with Crippen molar-refractivity contribution in [1.82, 2.24) is 0 Å². The molecule has 2 aromatic carbocycles. The van der Waals surface area contributed by atoms with Gasteiger partial charge in [0.05, 0.1) is 0 Å². The number of hydrogen-bond acceptors (Lipinski definition) is 2. The fourth-order valence-electron chi connectivity index (χ4n) is 2.19. The van der Waals surface area contributed by atoms with E-state index in [0.29, 0.717) is 11.6 Å². The van der Waals surface area contributed by atoms with E-state index in [2.05, 4.69) is 19.1 Å². The molecular formula is C18H22ClNO. The van der Waals surface area contributed by atoms with Crippen molar-refractivity contribution in [2.24, 2.45) is 5.73 Å². The van der Waals surface area contributed by atoms with E-state index in [1.54, 1.807) is 0 Å². The maximum Gasteiger partial charge on any atom is 0.128 e. The molecule has 0 unspecified atom stereocenters. The van der Waals surface area contributed by atoms with Gasteiger partial charge < -0.3 is 10.5 Å². The second-order valence-corrected chi connectivity index (χ2v) is 5.55. The van der Waals surface area contributed by atoms with E-state index in [1.807, 2.05) is 30.3 Å². The number of aryl methyl sites for hydroxylation is 1. The van der Waals surface area contributed by atoms with Gasteiger partial charge in [0.15, 0.2) is 0 Å². The van der Waals surface area contributed by atoms with E-state index in [0.717, 1.165) is 29.9 Å². The summed E-state index contributed by atoms with van der Waals surface area (Å²) in [5, 5.41) is 0.706. The van der Waals surface area contributed by atoms with Gasteiger partial charge in [0.25, 0.3) is 0 Å². The predicted octanol–water partition coefficient (Wildman–Crippen LogP) is 4.98. The van der Waals surface area contributed by atoms with Crippen LogP contribution in [0, 0.1) is 0 Å². The van der Waals surface area contributed by atoms with Crippen molar-refractivity contribution in [2.45, 2.75) is 32.6 Å². The van der Waals surface area contributed by atoms with Gasteiger partial charge >= 0.3 is 0 Å². The molecule has 0 fully saturated rings. The molecule has 0 aromatic heterocycles. The Balaban J connectivity index is 2.02. The molecule has 0 spiro atoms. The van der Waals surface area contributed by atoms with Crippen LogP contribution in [0.25, 0.3) is 0 Å². The number of benzene rings is 2. The minimum Gasteiger partial charge on any atom is -0.457 e. The number of unbranched alkanes of at least 4 members (excludes halogenated alkanes) is 1. The van der Waals surface area contributed by atoms with Gasteiger partial charge in [-0.15, -0.1) is 0 Å². The predicted molar refractivity (Wildman–Crippen MR) is 89.3 cm³/mol. The molecule has 0 atom stereocenters. The number of nitrogens with two attached hydrogens (primary N) is 1. The standard InChI is InChI=1S/C18H22ClNO/c1-2-3-4-14-5-8-16(9-6-14)21-17-10-7-15(11-12-20)18(19)13-17/h5-10,13H,2-4,11-12,20H2,1H3. The van der Waals surface area contributed by atoms with Gasteiger partial charge in [-0.25, -0.2) is 0 Å². The van der Waals surface area contributed by atoms with Gasteiger partial charge in [-0.3, -0.25) is 0 Å². The van der Waals surface area contributed by atoms with Crippen molar-refractivity contribution in [3.63, 3.8) is 0 Å². The van der Waals surface area contributed by atoms with E-state index < -0.39 is 0 Å². The second-order valence-electron chi connectivity index (χ2n) is 5.14. The van der Waals surface area contributed by atoms with E-state index in [1.165, 1.54) is 18.4 Å². The molecule has 21 heavy (non-hydrogen) atoms. The molecule has 0 aliphatic carbocycles. The summed E-state index contributed by atoms with van der Waals surface area (Å²) < 4.78 is 5.84. The highest BCUT2D eigenvalue weighted by Gasteiger charge is 2.03. The average Bonchev–Trinajstić information content (AvgIpc) is 2.49. The number of hydrogen-bond donors (Lipinski definition) is 1. The molecule has 0 heterocycles. The van der Waals surface area contributed by atoms with Crippen LogP contribution < -0.4 is 10.5 Å². The van der Waals surface area contributed by atoms with Gasteiger partial charge in [0.2, 0.25) is 0 Å². The highest BCUT2D eigenvalue weighted by atomic mass is 35.5. The smallest absolute Gasteiger partial charge is 0.128 e. The lowest BCUT2D eigenvalue weighted by atomic mass is 10.1. The summed E-state index contributed by atoms with van der Waals surface area (Å²) in [5.74, 6) is 1.58. The maximum absolute atomic E-state index is 6.22. The third kappa shape index (κ3) is 4.76. The van der Waals surface area contributed by atoms with Gasteiger partial charge in [-0.1, -0.05) is 43.1 Å². The molecule has 2 aromatic rings. The molecule has 0 amide bonds. The first-order valence-electron chi connectivity index (χ1n) is 7.48. The van der Waals surface area contributed by atoms with Crippen molar-refractivity contribution in [2.75, 3.05) is 6.54 Å². The Morgan fingerprint density at radius 3 is 2.33 bits per heavy atom. The minimum absolute atomic E-state index is 0.596. The number of ether oxygens (including phenoxy) is 1. The zero-order valence-electron chi connectivity index (χ0n) is 12.4. The van der Waals surface area contributed by atoms with E-state index in [4.69, 9.17) is 22.1 Å². The third-order valence-corrected chi connectivity index (χ3v) is 3.77. The van der Waals surface area contributed by atoms with Crippen LogP contribution in [0.4, 0.5) is 0 Å². The second kappa shape index (κ2) is 8.06. The van der Waals surface area contributed by atoms with Crippen molar-refractivity contribution >= 4 is 11.6 Å². The SMILES string of the molecule is CCCCc1ccc(Oc2ccc(CCN)c(Cl)c2)cc1. The van der Waals surface area contributed by atoms with Crippen molar-refractivity contribution in [1.29, 1.82) is 0 Å². The van der Waals surface area contributed by atoms with Crippen LogP contribution in [0.3, 0.4) is 0 Å². The molecule has 2 nitrogen and oxygen atoms in total. The van der Waals surface area contributed by atoms with Crippen molar-refractivity contribution < 1.29 is 4.74 Å². The van der Waals surface area contributed by atoms with E-state index >= 15 is 0 Å². The van der Waals surface area contributed by atoms with Gasteiger partial charge in [-0.2, -0.15) is 0 Å². The Kier molecular flexibility index (Phi) is 6.09. The molecular weight excluding hydrogens is 282 g/mol. The third-order valence-electron chi connectivity index (χ3n) is 3.42. The Labute approximate surface area is 131 Å². The van der Waals surface area contributed by atoms with Gasteiger partial charge in [0, 0.05) is 5.02 Å². The minimum atomic E-state index is 0.596. The van der Waals surface area contributed by atoms with Crippen LogP contribution >= 0.6 is 11.6 Å². The van der Waals surface area contributed by atoms with E-state index in [-0.39, 0.29) is 0 Å². The first-order valence-corrected chi connectivity index (χ1v) is 7.86. The summed E-state index contributed by atoms with van der Waals surface area (Å²) in [6.07, 6.45) is 4.34. The Bertz CT molecular complexity index is 566. The zero-order chi connectivity index (χ0) is 15.1. The molecule has 2 N–H and O–H groups in total. The fourth-order valence-corrected chi connectivity index (χ4v) is 2.46.